The van der Waals surface area contributed by atoms with Gasteiger partial charge in [0.05, 0.1) is 52.8 Å². The normalized spacial score (nSPS) is 38.1. The predicted molar refractivity (Wildman–Crippen MR) is 342 cm³/mol. The van der Waals surface area contributed by atoms with Crippen LogP contribution in [0.2, 0.25) is 0 Å². The molecule has 16 atom stereocenters. The van der Waals surface area contributed by atoms with Crippen molar-refractivity contribution in [2.45, 2.75) is 234 Å². The van der Waals surface area contributed by atoms with Crippen molar-refractivity contribution in [3.8, 4) is 0 Å². The zero-order chi connectivity index (χ0) is 54.3. The Labute approximate surface area is 487 Å². The lowest BCUT2D eigenvalue weighted by Gasteiger charge is -2.58. The molecule has 0 bridgehead atoms. The molecular formula is C70H118N2S4+2. The largest absolute Gasteiger partial charge is 0.324 e. The lowest BCUT2D eigenvalue weighted by molar-refractivity contribution is -0.901. The van der Waals surface area contributed by atoms with Gasteiger partial charge in [-0.2, -0.15) is 0 Å². The van der Waals surface area contributed by atoms with Gasteiger partial charge in [-0.15, -0.1) is 0 Å². The van der Waals surface area contributed by atoms with Gasteiger partial charge in [-0.1, -0.05) is 199 Å². The molecule has 0 saturated heterocycles. The average Bonchev–Trinajstić information content (AvgIpc) is 3.95. The molecule has 1 aromatic carbocycles. The van der Waals surface area contributed by atoms with Gasteiger partial charge in [0.1, 0.15) is 13.1 Å². The van der Waals surface area contributed by atoms with Crippen molar-refractivity contribution >= 4 is 43.2 Å². The summed E-state index contributed by atoms with van der Waals surface area (Å²) in [6.45, 7) is 30.6. The zero-order valence-corrected chi connectivity index (χ0v) is 55.1. The summed E-state index contributed by atoms with van der Waals surface area (Å²) in [6.07, 6.45) is 37.5. The standard InChI is InChI=1S/C70H118N2S4/c1-49(2)17-15-19-51(5)61-29-31-63-59-27-25-55-45-57(33-37-67(55,7)65(59)35-39-69(61,63)9)75-73-43-41-71(11,12)47-53-21-23-54(24-22-53)48-72(13,14)42-44-74-76-58-34-38-68(8)56(46-58)26-28-60-64-32-30-62(52(6)20-16-18-50(3)4)70(64,10)40-36-66(60)68/h21-26,49-52,57-66H,15-20,27-48H2,1-14H3/q+2/t51-,52-,57+,58+,59+,60+,61-,62-,63+,64+,65+,66+,67+,68+,69-,70-/m1/s1. The Balaban J connectivity index is 0.661. The van der Waals surface area contributed by atoms with Crippen LogP contribution in [0.5, 0.6) is 0 Å². The number of hydrogen-bond donors (Lipinski definition) is 0. The third kappa shape index (κ3) is 13.3. The first-order valence-corrected chi connectivity index (χ1v) is 37.5. The van der Waals surface area contributed by atoms with Crippen LogP contribution in [0.1, 0.15) is 222 Å². The fourth-order valence-electron chi connectivity index (χ4n) is 20.2. The van der Waals surface area contributed by atoms with Gasteiger partial charge >= 0.3 is 0 Å². The molecule has 0 spiro atoms. The molecule has 76 heavy (non-hydrogen) atoms. The van der Waals surface area contributed by atoms with Crippen molar-refractivity contribution in [3.63, 3.8) is 0 Å². The van der Waals surface area contributed by atoms with E-state index in [9.17, 15) is 0 Å². The summed E-state index contributed by atoms with van der Waals surface area (Å²) in [5.41, 5.74) is 8.84. The molecule has 0 amide bonds. The first-order valence-electron chi connectivity index (χ1n) is 32.7. The molecule has 0 N–H and O–H groups in total. The second-order valence-corrected chi connectivity index (χ2v) is 37.2. The summed E-state index contributed by atoms with van der Waals surface area (Å²) < 4.78 is 2.13. The number of hydrogen-bond acceptors (Lipinski definition) is 4. The van der Waals surface area contributed by atoms with E-state index in [2.05, 4.69) is 177 Å². The van der Waals surface area contributed by atoms with Crippen molar-refractivity contribution < 1.29 is 8.97 Å². The number of rotatable bonds is 24. The maximum atomic E-state index is 2.82. The third-order valence-electron chi connectivity index (χ3n) is 24.7. The van der Waals surface area contributed by atoms with E-state index in [1.807, 2.05) is 11.1 Å². The monoisotopic (exact) mass is 1110 g/mol. The molecule has 0 aliphatic heterocycles. The molecule has 6 heteroatoms. The Morgan fingerprint density at radius 2 is 0.882 bits per heavy atom. The Morgan fingerprint density at radius 1 is 0.487 bits per heavy atom. The minimum absolute atomic E-state index is 0.466. The number of nitrogens with zero attached hydrogens (tertiary/aromatic N) is 2. The molecule has 9 rings (SSSR count). The van der Waals surface area contributed by atoms with Crippen LogP contribution in [0.15, 0.2) is 47.6 Å². The molecule has 1 aromatic rings. The van der Waals surface area contributed by atoms with Crippen LogP contribution in [-0.2, 0) is 13.1 Å². The Kier molecular flexibility index (Phi) is 20.0. The van der Waals surface area contributed by atoms with E-state index in [1.54, 1.807) is 0 Å². The van der Waals surface area contributed by atoms with E-state index in [-0.39, 0.29) is 0 Å². The molecule has 8 aliphatic rings. The SMILES string of the molecule is CC(C)CCC[C@@H](C)[C@H]1CC[C@H]2[C@@H]3CC=C4C[C@@H](SSCC[N+](C)(C)Cc5ccc(C[N+](C)(C)CCSS[C@H]6CC[C@@]7(C)C(=CC[C@H]8[C@@H]9CC[C@H]([C@H](C)CCCC(C)C)[C@@]9(C)CC[C@@H]87)C6)cc5)CC[C@]4(C)[C@H]3CC[C@]12C. The van der Waals surface area contributed by atoms with E-state index in [0.717, 1.165) is 104 Å². The minimum atomic E-state index is 0.466. The zero-order valence-electron chi connectivity index (χ0n) is 51.9. The molecule has 430 valence electrons. The highest BCUT2D eigenvalue weighted by Crippen LogP contribution is 2.70. The van der Waals surface area contributed by atoms with Gasteiger partial charge in [0, 0.05) is 21.6 Å². The first kappa shape index (κ1) is 60.6. The molecule has 0 unspecified atom stereocenters. The summed E-state index contributed by atoms with van der Waals surface area (Å²) in [4.78, 5) is 0. The lowest BCUT2D eigenvalue weighted by atomic mass is 9.47. The van der Waals surface area contributed by atoms with Crippen LogP contribution in [-0.4, -0.2) is 72.3 Å². The predicted octanol–water partition coefficient (Wildman–Crippen LogP) is 20.4. The third-order valence-corrected chi connectivity index (χ3v) is 30.5. The van der Waals surface area contributed by atoms with E-state index >= 15 is 0 Å². The van der Waals surface area contributed by atoms with Crippen LogP contribution in [0.25, 0.3) is 0 Å². The number of quaternary nitrogens is 2. The van der Waals surface area contributed by atoms with E-state index in [4.69, 9.17) is 0 Å². The van der Waals surface area contributed by atoms with Gasteiger partial charge in [0.15, 0.2) is 0 Å². The molecule has 6 saturated carbocycles. The average molecular weight is 1120 g/mol. The van der Waals surface area contributed by atoms with Gasteiger partial charge in [-0.25, -0.2) is 0 Å². The molecule has 6 fully saturated rings. The van der Waals surface area contributed by atoms with Crippen LogP contribution in [0.3, 0.4) is 0 Å². The van der Waals surface area contributed by atoms with Crippen LogP contribution in [0.4, 0.5) is 0 Å². The van der Waals surface area contributed by atoms with E-state index in [1.165, 1.54) is 177 Å². The van der Waals surface area contributed by atoms with Gasteiger partial charge in [-0.05, 0) is 195 Å². The quantitative estimate of drug-likeness (QED) is 0.0438. The maximum Gasteiger partial charge on any atom is 0.104 e. The van der Waals surface area contributed by atoms with Crippen LogP contribution < -0.4 is 0 Å². The highest BCUT2D eigenvalue weighted by molar-refractivity contribution is 8.77. The number of fused-ring (bicyclic) bond motifs is 10. The van der Waals surface area contributed by atoms with Crippen LogP contribution in [0, 0.1) is 92.7 Å². The molecule has 0 heterocycles. The highest BCUT2D eigenvalue weighted by Gasteiger charge is 2.61. The number of allylic oxidation sites excluding steroid dienone is 4. The fraction of sp³-hybridized carbons (Fsp3) is 0.857. The van der Waals surface area contributed by atoms with Crippen molar-refractivity contribution in [3.05, 3.63) is 58.7 Å². The summed E-state index contributed by atoms with van der Waals surface area (Å²) >= 11 is 0. The van der Waals surface area contributed by atoms with Crippen molar-refractivity contribution in [2.24, 2.45) is 92.7 Å². The van der Waals surface area contributed by atoms with Gasteiger partial charge in [-0.3, -0.25) is 0 Å². The Morgan fingerprint density at radius 3 is 1.26 bits per heavy atom. The molecule has 0 radical (unpaired) electrons. The lowest BCUT2D eigenvalue weighted by Crippen LogP contribution is -2.50. The van der Waals surface area contributed by atoms with Gasteiger partial charge in [0.25, 0.3) is 0 Å². The number of benzene rings is 1. The summed E-state index contributed by atoms with van der Waals surface area (Å²) in [5, 5.41) is 1.59. The Bertz CT molecular complexity index is 1960. The van der Waals surface area contributed by atoms with E-state index < -0.39 is 0 Å². The molecule has 0 aromatic heterocycles. The topological polar surface area (TPSA) is 0 Å². The second-order valence-electron chi connectivity index (χ2n) is 31.6. The smallest absolute Gasteiger partial charge is 0.104 e. The molecule has 8 aliphatic carbocycles. The van der Waals surface area contributed by atoms with Gasteiger partial charge < -0.3 is 8.97 Å². The highest BCUT2D eigenvalue weighted by atomic mass is 33.1. The summed E-state index contributed by atoms with van der Waals surface area (Å²) in [5.74, 6) is 13.6. The molecular weight excluding hydrogens is 997 g/mol. The second kappa shape index (κ2) is 25.1. The minimum Gasteiger partial charge on any atom is -0.324 e. The first-order chi connectivity index (χ1) is 36.0. The van der Waals surface area contributed by atoms with Crippen molar-refractivity contribution in [1.82, 2.24) is 0 Å². The Hall–Kier alpha value is 0.0200. The van der Waals surface area contributed by atoms with E-state index in [0.29, 0.717) is 21.7 Å². The maximum absolute atomic E-state index is 2.82. The summed E-state index contributed by atoms with van der Waals surface area (Å²) in [7, 11) is 18.7. The van der Waals surface area contributed by atoms with Crippen molar-refractivity contribution in [2.75, 3.05) is 52.8 Å². The fourth-order valence-corrected chi connectivity index (χ4v) is 26.0. The van der Waals surface area contributed by atoms with Crippen molar-refractivity contribution in [1.29, 1.82) is 0 Å². The van der Waals surface area contributed by atoms with Crippen LogP contribution >= 0.6 is 43.2 Å². The molecule has 2 nitrogen and oxygen atoms in total. The van der Waals surface area contributed by atoms with Gasteiger partial charge in [0.2, 0.25) is 0 Å². The summed E-state index contributed by atoms with van der Waals surface area (Å²) in [6, 6.07) is 9.79.